The lowest BCUT2D eigenvalue weighted by molar-refractivity contribution is 0.236. The molecule has 1 aromatic carbocycles. The van der Waals surface area contributed by atoms with Gasteiger partial charge >= 0.3 is 5.76 Å². The molecule has 0 atom stereocenters. The van der Waals surface area contributed by atoms with E-state index in [1.165, 1.54) is 25.7 Å². The highest BCUT2D eigenvalue weighted by atomic mass is 32.1. The van der Waals surface area contributed by atoms with Gasteiger partial charge in [-0.2, -0.15) is 12.6 Å². The average Bonchev–Trinajstić information content (AvgIpc) is 2.65. The summed E-state index contributed by atoms with van der Waals surface area (Å²) in [6.45, 7) is 0.729. The van der Waals surface area contributed by atoms with Crippen LogP contribution < -0.4 is 5.76 Å². The molecule has 0 N–H and O–H groups in total. The highest BCUT2D eigenvalue weighted by Gasteiger charge is 2.31. The molecule has 1 saturated carbocycles. The third-order valence-corrected chi connectivity index (χ3v) is 5.24. The lowest BCUT2D eigenvalue weighted by Crippen LogP contribution is -2.32. The molecule has 0 spiro atoms. The molecule has 0 unspecified atom stereocenters. The summed E-state index contributed by atoms with van der Waals surface area (Å²) in [5.74, 6) is 0.593. The first-order valence-corrected chi connectivity index (χ1v) is 8.07. The lowest BCUT2D eigenvalue weighted by Gasteiger charge is -2.31. The van der Waals surface area contributed by atoms with E-state index in [9.17, 15) is 4.79 Å². The van der Waals surface area contributed by atoms with Crippen molar-refractivity contribution in [2.75, 3.05) is 5.75 Å². The van der Waals surface area contributed by atoms with Crippen LogP contribution in [0, 0.1) is 5.41 Å². The molecule has 1 aliphatic rings. The zero-order chi connectivity index (χ0) is 14.0. The van der Waals surface area contributed by atoms with Gasteiger partial charge in [-0.25, -0.2) is 4.79 Å². The Kier molecular flexibility index (Phi) is 3.92. The molecule has 0 radical (unpaired) electrons. The van der Waals surface area contributed by atoms with E-state index in [0.717, 1.165) is 30.7 Å². The maximum Gasteiger partial charge on any atom is 0.419 e. The summed E-state index contributed by atoms with van der Waals surface area (Å²) in [5.41, 5.74) is 1.72. The number of hydrogen-bond acceptors (Lipinski definition) is 3. The van der Waals surface area contributed by atoms with Crippen molar-refractivity contribution >= 4 is 23.7 Å². The van der Waals surface area contributed by atoms with Crippen molar-refractivity contribution in [3.05, 3.63) is 34.8 Å². The Morgan fingerprint density at radius 1 is 1.15 bits per heavy atom. The first-order chi connectivity index (χ1) is 9.74. The second kappa shape index (κ2) is 5.68. The SMILES string of the molecule is O=c1oc2ccccc2n1CC1(CS)CCCCCC1. The minimum atomic E-state index is -0.239. The van der Waals surface area contributed by atoms with Crippen molar-refractivity contribution in [3.63, 3.8) is 0 Å². The van der Waals surface area contributed by atoms with E-state index in [2.05, 4.69) is 12.6 Å². The molecule has 0 amide bonds. The van der Waals surface area contributed by atoms with E-state index in [4.69, 9.17) is 4.42 Å². The van der Waals surface area contributed by atoms with Crippen molar-refractivity contribution < 1.29 is 4.42 Å². The van der Waals surface area contributed by atoms with Gasteiger partial charge in [-0.15, -0.1) is 0 Å². The molecule has 3 nitrogen and oxygen atoms in total. The van der Waals surface area contributed by atoms with Crippen molar-refractivity contribution in [2.24, 2.45) is 5.41 Å². The van der Waals surface area contributed by atoms with Crippen LogP contribution in [0.25, 0.3) is 11.1 Å². The summed E-state index contributed by atoms with van der Waals surface area (Å²) in [6, 6.07) is 7.67. The molecule has 0 aliphatic heterocycles. The fourth-order valence-electron chi connectivity index (χ4n) is 3.34. The molecule has 1 aliphatic carbocycles. The first-order valence-electron chi connectivity index (χ1n) is 7.43. The second-order valence-electron chi connectivity index (χ2n) is 5.99. The summed E-state index contributed by atoms with van der Waals surface area (Å²) < 4.78 is 7.15. The molecule has 1 heterocycles. The molecule has 2 aromatic rings. The Balaban J connectivity index is 1.98. The zero-order valence-electron chi connectivity index (χ0n) is 11.7. The maximum absolute atomic E-state index is 12.1. The van der Waals surface area contributed by atoms with Crippen molar-refractivity contribution in [3.8, 4) is 0 Å². The molecule has 108 valence electrons. The van der Waals surface area contributed by atoms with Crippen LogP contribution in [0.4, 0.5) is 0 Å². The number of aromatic nitrogens is 1. The smallest absolute Gasteiger partial charge is 0.408 e. The monoisotopic (exact) mass is 291 g/mol. The van der Waals surface area contributed by atoms with Gasteiger partial charge < -0.3 is 4.42 Å². The third kappa shape index (κ3) is 2.53. The van der Waals surface area contributed by atoms with Gasteiger partial charge in [0, 0.05) is 6.54 Å². The lowest BCUT2D eigenvalue weighted by atomic mass is 9.82. The number of oxazole rings is 1. The summed E-state index contributed by atoms with van der Waals surface area (Å²) >= 11 is 4.59. The van der Waals surface area contributed by atoms with Gasteiger partial charge in [0.05, 0.1) is 5.52 Å². The largest absolute Gasteiger partial charge is 0.419 e. The quantitative estimate of drug-likeness (QED) is 0.688. The van der Waals surface area contributed by atoms with Gasteiger partial charge in [-0.1, -0.05) is 37.8 Å². The van der Waals surface area contributed by atoms with Crippen LogP contribution in [0.2, 0.25) is 0 Å². The Bertz CT molecular complexity index is 635. The van der Waals surface area contributed by atoms with Crippen LogP contribution in [-0.2, 0) is 6.54 Å². The summed E-state index contributed by atoms with van der Waals surface area (Å²) in [7, 11) is 0. The summed E-state index contributed by atoms with van der Waals surface area (Å²) in [4.78, 5) is 12.1. The fraction of sp³-hybridized carbons (Fsp3) is 0.562. The minimum absolute atomic E-state index is 0.135. The first kappa shape index (κ1) is 13.8. The number of fused-ring (bicyclic) bond motifs is 1. The zero-order valence-corrected chi connectivity index (χ0v) is 12.6. The molecule has 0 saturated heterocycles. The Morgan fingerprint density at radius 2 is 1.85 bits per heavy atom. The Morgan fingerprint density at radius 3 is 2.55 bits per heavy atom. The van der Waals surface area contributed by atoms with Crippen molar-refractivity contribution in [1.29, 1.82) is 0 Å². The van der Waals surface area contributed by atoms with E-state index in [0.29, 0.717) is 5.58 Å². The number of rotatable bonds is 3. The molecule has 1 aromatic heterocycles. The topological polar surface area (TPSA) is 35.1 Å². The van der Waals surface area contributed by atoms with Gasteiger partial charge in [-0.05, 0) is 36.1 Å². The third-order valence-electron chi connectivity index (χ3n) is 4.57. The van der Waals surface area contributed by atoms with E-state index >= 15 is 0 Å². The number of thiol groups is 1. The van der Waals surface area contributed by atoms with Crippen LogP contribution in [0.3, 0.4) is 0 Å². The van der Waals surface area contributed by atoms with Crippen LogP contribution in [0.1, 0.15) is 38.5 Å². The number of para-hydroxylation sites is 2. The predicted octanol–water partition coefficient (Wildman–Crippen LogP) is 3.86. The van der Waals surface area contributed by atoms with Gasteiger partial charge in [0.25, 0.3) is 0 Å². The number of benzene rings is 1. The van der Waals surface area contributed by atoms with Crippen LogP contribution in [0.5, 0.6) is 0 Å². The molecular formula is C16H21NO2S. The molecular weight excluding hydrogens is 270 g/mol. The highest BCUT2D eigenvalue weighted by molar-refractivity contribution is 7.80. The summed E-state index contributed by atoms with van der Waals surface area (Å²) in [6.07, 6.45) is 7.40. The van der Waals surface area contributed by atoms with E-state index in [1.54, 1.807) is 4.57 Å². The Labute approximate surface area is 124 Å². The van der Waals surface area contributed by atoms with Crippen molar-refractivity contribution in [1.82, 2.24) is 4.57 Å². The Hall–Kier alpha value is -1.16. The van der Waals surface area contributed by atoms with Gasteiger partial charge in [0.2, 0.25) is 0 Å². The molecule has 0 bridgehead atoms. The van der Waals surface area contributed by atoms with Gasteiger partial charge in [-0.3, -0.25) is 4.57 Å². The highest BCUT2D eigenvalue weighted by Crippen LogP contribution is 2.38. The normalized spacial score (nSPS) is 19.1. The molecule has 20 heavy (non-hydrogen) atoms. The molecule has 4 heteroatoms. The van der Waals surface area contributed by atoms with Crippen LogP contribution in [0.15, 0.2) is 33.5 Å². The fourth-order valence-corrected chi connectivity index (χ4v) is 3.76. The van der Waals surface area contributed by atoms with Crippen LogP contribution in [-0.4, -0.2) is 10.3 Å². The van der Waals surface area contributed by atoms with Crippen LogP contribution >= 0.6 is 12.6 Å². The number of hydrogen-bond donors (Lipinski definition) is 1. The standard InChI is InChI=1S/C16H21NO2S/c18-15-17(13-7-3-4-8-14(13)19-15)11-16(12-20)9-5-1-2-6-10-16/h3-4,7-8,20H,1-2,5-6,9-12H2. The van der Waals surface area contributed by atoms with Crippen molar-refractivity contribution in [2.45, 2.75) is 45.1 Å². The van der Waals surface area contributed by atoms with Gasteiger partial charge in [0.1, 0.15) is 0 Å². The minimum Gasteiger partial charge on any atom is -0.408 e. The predicted molar refractivity (Wildman–Crippen MR) is 84.5 cm³/mol. The number of nitrogens with zero attached hydrogens (tertiary/aromatic N) is 1. The van der Waals surface area contributed by atoms with Gasteiger partial charge in [0.15, 0.2) is 5.58 Å². The molecule has 1 fully saturated rings. The summed E-state index contributed by atoms with van der Waals surface area (Å²) in [5, 5.41) is 0. The maximum atomic E-state index is 12.1. The van der Waals surface area contributed by atoms with E-state index in [-0.39, 0.29) is 11.2 Å². The average molecular weight is 291 g/mol. The van der Waals surface area contributed by atoms with E-state index < -0.39 is 0 Å². The second-order valence-corrected chi connectivity index (χ2v) is 6.31. The molecule has 3 rings (SSSR count). The van der Waals surface area contributed by atoms with E-state index in [1.807, 2.05) is 24.3 Å².